The first-order chi connectivity index (χ1) is 10.1. The number of nitrogens with zero attached hydrogens (tertiary/aromatic N) is 3. The highest BCUT2D eigenvalue weighted by molar-refractivity contribution is 5.36. The van der Waals surface area contributed by atoms with Crippen molar-refractivity contribution in [3.05, 3.63) is 75.8 Å². The van der Waals surface area contributed by atoms with Crippen LogP contribution in [0.25, 0.3) is 0 Å². The van der Waals surface area contributed by atoms with E-state index in [-0.39, 0.29) is 5.69 Å². The number of rotatable bonds is 5. The second-order valence-electron chi connectivity index (χ2n) is 4.78. The molecule has 5 nitrogen and oxygen atoms in total. The summed E-state index contributed by atoms with van der Waals surface area (Å²) >= 11 is 0. The van der Waals surface area contributed by atoms with Gasteiger partial charge in [-0.05, 0) is 30.3 Å². The highest BCUT2D eigenvalue weighted by Crippen LogP contribution is 2.23. The molecular weight excluding hydrogens is 266 g/mol. The molecule has 0 aliphatic heterocycles. The smallest absolute Gasteiger partial charge is 0.269 e. The van der Waals surface area contributed by atoms with Crippen LogP contribution in [0.5, 0.6) is 0 Å². The predicted octanol–water partition coefficient (Wildman–Crippen LogP) is 3.29. The molecule has 2 aromatic carbocycles. The molecule has 0 saturated carbocycles. The Kier molecular flexibility index (Phi) is 4.64. The van der Waals surface area contributed by atoms with E-state index >= 15 is 0 Å². The number of hydrogen-bond acceptors (Lipinski definition) is 4. The number of nitro groups is 1. The maximum Gasteiger partial charge on any atom is 0.269 e. The minimum atomic E-state index is -0.446. The van der Waals surface area contributed by atoms with Gasteiger partial charge < -0.3 is 0 Å². The van der Waals surface area contributed by atoms with Gasteiger partial charge in [0.25, 0.3) is 5.69 Å². The SMILES string of the molecule is CN(Cc1ccccc1)C(C#N)c1ccc([N+](=O)[O-])cc1. The fourth-order valence-electron chi connectivity index (χ4n) is 2.17. The van der Waals surface area contributed by atoms with Crippen LogP contribution in [0.15, 0.2) is 54.6 Å². The Balaban J connectivity index is 2.15. The predicted molar refractivity (Wildman–Crippen MR) is 79.4 cm³/mol. The molecule has 0 aliphatic rings. The maximum atomic E-state index is 10.7. The zero-order valence-electron chi connectivity index (χ0n) is 11.6. The molecule has 0 spiro atoms. The molecule has 2 aromatic rings. The number of benzene rings is 2. The normalized spacial score (nSPS) is 11.9. The molecule has 0 amide bonds. The first-order valence-electron chi connectivity index (χ1n) is 6.50. The first-order valence-corrected chi connectivity index (χ1v) is 6.50. The van der Waals surface area contributed by atoms with Gasteiger partial charge in [0, 0.05) is 18.7 Å². The Morgan fingerprint density at radius 2 is 1.81 bits per heavy atom. The van der Waals surface area contributed by atoms with Gasteiger partial charge in [0.05, 0.1) is 11.0 Å². The topological polar surface area (TPSA) is 70.2 Å². The summed E-state index contributed by atoms with van der Waals surface area (Å²) in [4.78, 5) is 12.1. The van der Waals surface area contributed by atoms with Gasteiger partial charge in [0.2, 0.25) is 0 Å². The minimum Gasteiger partial charge on any atom is -0.283 e. The number of nitro benzene ring substituents is 1. The lowest BCUT2D eigenvalue weighted by Gasteiger charge is -2.22. The molecule has 1 unspecified atom stereocenters. The van der Waals surface area contributed by atoms with Crippen molar-refractivity contribution in [1.82, 2.24) is 4.90 Å². The van der Waals surface area contributed by atoms with Crippen molar-refractivity contribution in [2.24, 2.45) is 0 Å². The van der Waals surface area contributed by atoms with Crippen molar-refractivity contribution < 1.29 is 4.92 Å². The third kappa shape index (κ3) is 3.65. The van der Waals surface area contributed by atoms with E-state index in [0.717, 1.165) is 11.1 Å². The van der Waals surface area contributed by atoms with Crippen molar-refractivity contribution in [3.8, 4) is 6.07 Å². The lowest BCUT2D eigenvalue weighted by Crippen LogP contribution is -2.23. The lowest BCUT2D eigenvalue weighted by molar-refractivity contribution is -0.384. The van der Waals surface area contributed by atoms with Crippen LogP contribution in [-0.4, -0.2) is 16.9 Å². The molecule has 0 heterocycles. The van der Waals surface area contributed by atoms with Crippen LogP contribution in [0.1, 0.15) is 17.2 Å². The molecular formula is C16H15N3O2. The molecule has 0 aromatic heterocycles. The van der Waals surface area contributed by atoms with Gasteiger partial charge in [-0.2, -0.15) is 5.26 Å². The molecule has 0 fully saturated rings. The van der Waals surface area contributed by atoms with Gasteiger partial charge in [-0.25, -0.2) is 0 Å². The number of nitriles is 1. The highest BCUT2D eigenvalue weighted by Gasteiger charge is 2.17. The van der Waals surface area contributed by atoms with E-state index < -0.39 is 11.0 Å². The summed E-state index contributed by atoms with van der Waals surface area (Å²) in [6.07, 6.45) is 0. The standard InChI is InChI=1S/C16H15N3O2/c1-18(12-13-5-3-2-4-6-13)16(11-17)14-7-9-15(10-8-14)19(20)21/h2-10,16H,12H2,1H3. The summed E-state index contributed by atoms with van der Waals surface area (Å²) in [6.45, 7) is 0.635. The van der Waals surface area contributed by atoms with E-state index in [1.807, 2.05) is 42.3 Å². The third-order valence-corrected chi connectivity index (χ3v) is 3.26. The number of non-ortho nitro benzene ring substituents is 1. The summed E-state index contributed by atoms with van der Waals surface area (Å²) < 4.78 is 0. The molecule has 21 heavy (non-hydrogen) atoms. The van der Waals surface area contributed by atoms with Crippen LogP contribution < -0.4 is 0 Å². The fraction of sp³-hybridized carbons (Fsp3) is 0.188. The summed E-state index contributed by atoms with van der Waals surface area (Å²) in [7, 11) is 1.86. The maximum absolute atomic E-state index is 10.7. The van der Waals surface area contributed by atoms with E-state index in [4.69, 9.17) is 0 Å². The van der Waals surface area contributed by atoms with E-state index in [1.54, 1.807) is 12.1 Å². The minimum absolute atomic E-state index is 0.0288. The molecule has 0 aliphatic carbocycles. The van der Waals surface area contributed by atoms with Gasteiger partial charge >= 0.3 is 0 Å². The molecule has 0 saturated heterocycles. The molecule has 1 atom stereocenters. The largest absolute Gasteiger partial charge is 0.283 e. The van der Waals surface area contributed by atoms with E-state index in [9.17, 15) is 15.4 Å². The average molecular weight is 281 g/mol. The highest BCUT2D eigenvalue weighted by atomic mass is 16.6. The van der Waals surface area contributed by atoms with Crippen LogP contribution in [0.4, 0.5) is 5.69 Å². The molecule has 2 rings (SSSR count). The van der Waals surface area contributed by atoms with Crippen LogP contribution in [-0.2, 0) is 6.54 Å². The first kappa shape index (κ1) is 14.7. The van der Waals surface area contributed by atoms with Gasteiger partial charge in [0.1, 0.15) is 6.04 Å². The Morgan fingerprint density at radius 1 is 1.19 bits per heavy atom. The summed E-state index contributed by atoms with van der Waals surface area (Å²) in [5.74, 6) is 0. The van der Waals surface area contributed by atoms with Crippen LogP contribution in [0.3, 0.4) is 0 Å². The second-order valence-corrected chi connectivity index (χ2v) is 4.78. The third-order valence-electron chi connectivity index (χ3n) is 3.26. The second kappa shape index (κ2) is 6.64. The Bertz CT molecular complexity index is 647. The summed E-state index contributed by atoms with van der Waals surface area (Å²) in [5, 5.41) is 20.0. The van der Waals surface area contributed by atoms with Crippen molar-refractivity contribution >= 4 is 5.69 Å². The molecule has 106 valence electrons. The number of hydrogen-bond donors (Lipinski definition) is 0. The fourth-order valence-corrected chi connectivity index (χ4v) is 2.17. The average Bonchev–Trinajstić information content (AvgIpc) is 2.49. The monoisotopic (exact) mass is 281 g/mol. The molecule has 0 N–H and O–H groups in total. The molecule has 0 radical (unpaired) electrons. The Morgan fingerprint density at radius 3 is 2.33 bits per heavy atom. The van der Waals surface area contributed by atoms with Crippen molar-refractivity contribution in [3.63, 3.8) is 0 Å². The van der Waals surface area contributed by atoms with Gasteiger partial charge in [-0.1, -0.05) is 30.3 Å². The quantitative estimate of drug-likeness (QED) is 0.623. The molecule has 5 heteroatoms. The van der Waals surface area contributed by atoms with Crippen molar-refractivity contribution in [1.29, 1.82) is 5.26 Å². The van der Waals surface area contributed by atoms with Crippen LogP contribution in [0.2, 0.25) is 0 Å². The zero-order valence-corrected chi connectivity index (χ0v) is 11.6. The van der Waals surface area contributed by atoms with Crippen molar-refractivity contribution in [2.45, 2.75) is 12.6 Å². The lowest BCUT2D eigenvalue weighted by atomic mass is 10.1. The Hall–Kier alpha value is -2.71. The van der Waals surface area contributed by atoms with Crippen molar-refractivity contribution in [2.75, 3.05) is 7.05 Å². The van der Waals surface area contributed by atoms with Gasteiger partial charge in [0.15, 0.2) is 0 Å². The summed E-state index contributed by atoms with van der Waals surface area (Å²) in [5.41, 5.74) is 1.89. The zero-order chi connectivity index (χ0) is 15.2. The summed E-state index contributed by atoms with van der Waals surface area (Å²) in [6, 6.07) is 17.8. The van der Waals surface area contributed by atoms with Gasteiger partial charge in [-0.3, -0.25) is 15.0 Å². The van der Waals surface area contributed by atoms with Crippen LogP contribution in [0, 0.1) is 21.4 Å². The van der Waals surface area contributed by atoms with E-state index in [1.165, 1.54) is 12.1 Å². The van der Waals surface area contributed by atoms with Crippen LogP contribution >= 0.6 is 0 Å². The van der Waals surface area contributed by atoms with E-state index in [2.05, 4.69) is 6.07 Å². The van der Waals surface area contributed by atoms with E-state index in [0.29, 0.717) is 6.54 Å². The Labute approximate surface area is 123 Å². The van der Waals surface area contributed by atoms with Gasteiger partial charge in [-0.15, -0.1) is 0 Å². The molecule has 0 bridgehead atoms.